The fraction of sp³-hybridized carbons (Fsp3) is 0.625. The van der Waals surface area contributed by atoms with Gasteiger partial charge in [-0.15, -0.1) is 0 Å². The van der Waals surface area contributed by atoms with Crippen molar-refractivity contribution in [3.05, 3.63) is 23.8 Å². The lowest BCUT2D eigenvalue weighted by Gasteiger charge is -2.26. The van der Waals surface area contributed by atoms with Crippen LogP contribution in [0, 0.1) is 6.92 Å². The van der Waals surface area contributed by atoms with E-state index < -0.39 is 20.0 Å². The Morgan fingerprint density at radius 3 is 2.36 bits per heavy atom. The van der Waals surface area contributed by atoms with Gasteiger partial charge in [0.15, 0.2) is 0 Å². The first kappa shape index (κ1) is 20.3. The molecule has 2 rings (SSSR count). The van der Waals surface area contributed by atoms with Crippen LogP contribution in [0.3, 0.4) is 0 Å². The summed E-state index contributed by atoms with van der Waals surface area (Å²) in [4.78, 5) is 0.0379. The molecule has 1 fully saturated rings. The SMILES string of the molecule is CNC(C)CNS(=O)(=O)c1cc(S(=O)(=O)N2CCCCC2)ccc1C. The Morgan fingerprint density at radius 1 is 1.12 bits per heavy atom. The highest BCUT2D eigenvalue weighted by molar-refractivity contribution is 7.90. The summed E-state index contributed by atoms with van der Waals surface area (Å²) in [5.41, 5.74) is 0.516. The van der Waals surface area contributed by atoms with Gasteiger partial charge in [0.2, 0.25) is 20.0 Å². The van der Waals surface area contributed by atoms with Crippen LogP contribution in [0.2, 0.25) is 0 Å². The molecule has 0 aromatic heterocycles. The Labute approximate surface area is 150 Å². The van der Waals surface area contributed by atoms with E-state index in [1.165, 1.54) is 16.4 Å². The zero-order chi connectivity index (χ0) is 18.7. The summed E-state index contributed by atoms with van der Waals surface area (Å²) in [6.45, 7) is 4.70. The van der Waals surface area contributed by atoms with E-state index in [0.717, 1.165) is 19.3 Å². The van der Waals surface area contributed by atoms with Crippen molar-refractivity contribution in [1.29, 1.82) is 0 Å². The second kappa shape index (κ2) is 8.13. The normalized spacial score (nSPS) is 18.2. The molecular formula is C16H27N3O4S2. The third kappa shape index (κ3) is 4.79. The van der Waals surface area contributed by atoms with E-state index >= 15 is 0 Å². The van der Waals surface area contributed by atoms with Crippen LogP contribution in [0.15, 0.2) is 28.0 Å². The number of rotatable bonds is 7. The molecule has 2 N–H and O–H groups in total. The molecule has 0 bridgehead atoms. The first-order valence-corrected chi connectivity index (χ1v) is 11.4. The lowest BCUT2D eigenvalue weighted by atomic mass is 10.2. The maximum absolute atomic E-state index is 12.8. The Morgan fingerprint density at radius 2 is 1.76 bits per heavy atom. The van der Waals surface area contributed by atoms with Crippen LogP contribution in [-0.2, 0) is 20.0 Å². The number of aryl methyl sites for hydroxylation is 1. The highest BCUT2D eigenvalue weighted by atomic mass is 32.2. The van der Waals surface area contributed by atoms with E-state index in [1.54, 1.807) is 20.0 Å². The van der Waals surface area contributed by atoms with E-state index in [4.69, 9.17) is 0 Å². The monoisotopic (exact) mass is 389 g/mol. The number of likely N-dealkylation sites (N-methyl/N-ethyl adjacent to an activating group) is 1. The largest absolute Gasteiger partial charge is 0.316 e. The molecule has 25 heavy (non-hydrogen) atoms. The Balaban J connectivity index is 2.33. The van der Waals surface area contributed by atoms with Gasteiger partial charge >= 0.3 is 0 Å². The van der Waals surface area contributed by atoms with Crippen LogP contribution in [0.4, 0.5) is 0 Å². The summed E-state index contributed by atoms with van der Waals surface area (Å²) in [5, 5.41) is 2.95. The van der Waals surface area contributed by atoms with Crippen LogP contribution in [0.5, 0.6) is 0 Å². The zero-order valence-electron chi connectivity index (χ0n) is 14.9. The van der Waals surface area contributed by atoms with Crippen LogP contribution in [-0.4, -0.2) is 53.9 Å². The summed E-state index contributed by atoms with van der Waals surface area (Å²) in [7, 11) is -5.71. The number of hydrogen-bond donors (Lipinski definition) is 2. The summed E-state index contributed by atoms with van der Waals surface area (Å²) in [6.07, 6.45) is 2.69. The van der Waals surface area contributed by atoms with Gasteiger partial charge in [0.05, 0.1) is 9.79 Å². The van der Waals surface area contributed by atoms with Gasteiger partial charge in [0.25, 0.3) is 0 Å². The van der Waals surface area contributed by atoms with Crippen LogP contribution in [0.1, 0.15) is 31.7 Å². The predicted molar refractivity (Wildman–Crippen MR) is 97.5 cm³/mol. The van der Waals surface area contributed by atoms with Gasteiger partial charge in [-0.25, -0.2) is 21.6 Å². The van der Waals surface area contributed by atoms with Crippen LogP contribution < -0.4 is 10.0 Å². The van der Waals surface area contributed by atoms with Gasteiger partial charge in [0.1, 0.15) is 0 Å². The maximum Gasteiger partial charge on any atom is 0.243 e. The molecule has 0 saturated carbocycles. The smallest absolute Gasteiger partial charge is 0.243 e. The minimum atomic E-state index is -3.78. The Bertz CT molecular complexity index is 801. The molecule has 9 heteroatoms. The van der Waals surface area contributed by atoms with E-state index in [9.17, 15) is 16.8 Å². The Hall–Kier alpha value is -1.00. The number of sulfonamides is 2. The van der Waals surface area contributed by atoms with E-state index in [-0.39, 0.29) is 22.4 Å². The molecule has 1 unspecified atom stereocenters. The lowest BCUT2D eigenvalue weighted by molar-refractivity contribution is 0.346. The molecule has 1 atom stereocenters. The third-order valence-corrected chi connectivity index (χ3v) is 7.93. The van der Waals surface area contributed by atoms with Crippen molar-refractivity contribution < 1.29 is 16.8 Å². The average molecular weight is 390 g/mol. The fourth-order valence-corrected chi connectivity index (χ4v) is 5.72. The van der Waals surface area contributed by atoms with Crippen molar-refractivity contribution in [3.8, 4) is 0 Å². The van der Waals surface area contributed by atoms with E-state index in [0.29, 0.717) is 18.7 Å². The van der Waals surface area contributed by atoms with Gasteiger partial charge in [-0.2, -0.15) is 4.31 Å². The lowest BCUT2D eigenvalue weighted by Crippen LogP contribution is -2.37. The second-order valence-corrected chi connectivity index (χ2v) is 10.1. The molecule has 1 aromatic carbocycles. The molecular weight excluding hydrogens is 362 g/mol. The summed E-state index contributed by atoms with van der Waals surface area (Å²) in [6, 6.07) is 4.27. The number of benzene rings is 1. The molecule has 142 valence electrons. The molecule has 1 aliphatic rings. The van der Waals surface area contributed by atoms with Crippen LogP contribution in [0.25, 0.3) is 0 Å². The molecule has 0 spiro atoms. The number of piperidine rings is 1. The minimum absolute atomic E-state index is 0.00823. The summed E-state index contributed by atoms with van der Waals surface area (Å²) in [5.74, 6) is 0. The van der Waals surface area contributed by atoms with Gasteiger partial charge in [-0.3, -0.25) is 0 Å². The first-order valence-electron chi connectivity index (χ1n) is 8.46. The predicted octanol–water partition coefficient (Wildman–Crippen LogP) is 1.06. The molecule has 0 radical (unpaired) electrons. The quantitative estimate of drug-likeness (QED) is 0.727. The molecule has 0 aliphatic carbocycles. The van der Waals surface area contributed by atoms with E-state index in [2.05, 4.69) is 10.0 Å². The molecule has 7 nitrogen and oxygen atoms in total. The van der Waals surface area contributed by atoms with Crippen molar-refractivity contribution in [2.45, 2.75) is 48.9 Å². The number of nitrogens with one attached hydrogen (secondary N) is 2. The van der Waals surface area contributed by atoms with Gasteiger partial charge < -0.3 is 5.32 Å². The fourth-order valence-electron chi connectivity index (χ4n) is 2.70. The number of nitrogens with zero attached hydrogens (tertiary/aromatic N) is 1. The van der Waals surface area contributed by atoms with Gasteiger partial charge in [0, 0.05) is 25.7 Å². The third-order valence-electron chi connectivity index (χ3n) is 4.47. The topological polar surface area (TPSA) is 95.6 Å². The highest BCUT2D eigenvalue weighted by Gasteiger charge is 2.28. The molecule has 0 amide bonds. The van der Waals surface area contributed by atoms with E-state index in [1.807, 2.05) is 6.92 Å². The van der Waals surface area contributed by atoms with Gasteiger partial charge in [-0.1, -0.05) is 12.5 Å². The van der Waals surface area contributed by atoms with Gasteiger partial charge in [-0.05, 0) is 51.4 Å². The molecule has 1 aromatic rings. The van der Waals surface area contributed by atoms with Crippen molar-refractivity contribution in [2.24, 2.45) is 0 Å². The standard InChI is InChI=1S/C16H27N3O4S2/c1-13-7-8-15(25(22,23)19-9-5-4-6-10-19)11-16(13)24(20,21)18-12-14(2)17-3/h7-8,11,14,17-18H,4-6,9-10,12H2,1-3H3. The maximum atomic E-state index is 12.8. The summed E-state index contributed by atoms with van der Waals surface area (Å²) < 4.78 is 54.7. The van der Waals surface area contributed by atoms with Crippen LogP contribution >= 0.6 is 0 Å². The molecule has 1 heterocycles. The van der Waals surface area contributed by atoms with Crippen molar-refractivity contribution >= 4 is 20.0 Å². The molecule has 1 saturated heterocycles. The second-order valence-electron chi connectivity index (χ2n) is 6.43. The minimum Gasteiger partial charge on any atom is -0.316 e. The first-order chi connectivity index (χ1) is 11.7. The summed E-state index contributed by atoms with van der Waals surface area (Å²) >= 11 is 0. The number of hydrogen-bond acceptors (Lipinski definition) is 5. The average Bonchev–Trinajstić information content (AvgIpc) is 2.60. The van der Waals surface area contributed by atoms with Crippen molar-refractivity contribution in [1.82, 2.24) is 14.3 Å². The Kier molecular flexibility index (Phi) is 6.61. The molecule has 1 aliphatic heterocycles. The van der Waals surface area contributed by atoms with Crippen molar-refractivity contribution in [2.75, 3.05) is 26.7 Å². The van der Waals surface area contributed by atoms with Crippen molar-refractivity contribution in [3.63, 3.8) is 0 Å². The zero-order valence-corrected chi connectivity index (χ0v) is 16.6. The highest BCUT2D eigenvalue weighted by Crippen LogP contribution is 2.24.